The van der Waals surface area contributed by atoms with Crippen LogP contribution in [-0.4, -0.2) is 72.1 Å². The quantitative estimate of drug-likeness (QED) is 0.372. The zero-order valence-corrected chi connectivity index (χ0v) is 19.0. The van der Waals surface area contributed by atoms with Crippen molar-refractivity contribution >= 4 is 17.4 Å². The lowest BCUT2D eigenvalue weighted by atomic mass is 9.99. The predicted molar refractivity (Wildman–Crippen MR) is 122 cm³/mol. The predicted octanol–water partition coefficient (Wildman–Crippen LogP) is 3.21. The van der Waals surface area contributed by atoms with E-state index in [1.807, 2.05) is 13.8 Å². The van der Waals surface area contributed by atoms with Crippen LogP contribution < -0.4 is 4.74 Å². The number of hydrogen-bond acceptors (Lipinski definition) is 7. The van der Waals surface area contributed by atoms with Crippen LogP contribution in [0.25, 0.3) is 5.76 Å². The molecule has 8 nitrogen and oxygen atoms in total. The molecule has 0 bridgehead atoms. The van der Waals surface area contributed by atoms with Crippen molar-refractivity contribution in [1.29, 1.82) is 0 Å². The van der Waals surface area contributed by atoms with Crippen molar-refractivity contribution in [1.82, 2.24) is 9.80 Å². The van der Waals surface area contributed by atoms with Gasteiger partial charge in [0.25, 0.3) is 11.7 Å². The van der Waals surface area contributed by atoms with Crippen molar-refractivity contribution in [2.75, 3.05) is 39.4 Å². The first kappa shape index (κ1) is 23.1. The summed E-state index contributed by atoms with van der Waals surface area (Å²) < 4.78 is 16.6. The van der Waals surface area contributed by atoms with Crippen molar-refractivity contribution in [2.24, 2.45) is 0 Å². The number of morpholine rings is 1. The van der Waals surface area contributed by atoms with Crippen molar-refractivity contribution in [3.8, 4) is 5.75 Å². The number of ketones is 1. The summed E-state index contributed by atoms with van der Waals surface area (Å²) in [6.45, 7) is 8.17. The Labute approximate surface area is 193 Å². The first-order valence-corrected chi connectivity index (χ1v) is 11.3. The molecule has 0 radical (unpaired) electrons. The number of ether oxygens (including phenoxy) is 2. The van der Waals surface area contributed by atoms with Gasteiger partial charge in [-0.2, -0.15) is 0 Å². The van der Waals surface area contributed by atoms with Crippen LogP contribution >= 0.6 is 0 Å². The van der Waals surface area contributed by atoms with Crippen LogP contribution in [0.3, 0.4) is 0 Å². The Bertz CT molecular complexity index is 990. The average molecular weight is 455 g/mol. The minimum absolute atomic E-state index is 0.0196. The summed E-state index contributed by atoms with van der Waals surface area (Å²) in [6, 6.07) is 9.48. The molecule has 2 aliphatic heterocycles. The largest absolute Gasteiger partial charge is 0.507 e. The molecule has 33 heavy (non-hydrogen) atoms. The molecule has 1 N–H and O–H groups in total. The van der Waals surface area contributed by atoms with E-state index in [1.165, 1.54) is 11.2 Å². The van der Waals surface area contributed by atoms with Gasteiger partial charge < -0.3 is 23.9 Å². The summed E-state index contributed by atoms with van der Waals surface area (Å²) >= 11 is 0. The molecule has 1 aromatic carbocycles. The molecule has 0 saturated carbocycles. The number of Topliss-reactive ketones (excluding diaryl/α,β-unsaturated/α-hetero) is 1. The molecular weight excluding hydrogens is 424 g/mol. The Morgan fingerprint density at radius 3 is 2.48 bits per heavy atom. The van der Waals surface area contributed by atoms with Gasteiger partial charge in [-0.15, -0.1) is 0 Å². The van der Waals surface area contributed by atoms with Gasteiger partial charge in [-0.1, -0.05) is 0 Å². The van der Waals surface area contributed by atoms with E-state index in [0.29, 0.717) is 43.3 Å². The zero-order valence-electron chi connectivity index (χ0n) is 19.0. The monoisotopic (exact) mass is 454 g/mol. The number of benzene rings is 1. The van der Waals surface area contributed by atoms with E-state index in [4.69, 9.17) is 13.9 Å². The van der Waals surface area contributed by atoms with Crippen LogP contribution in [0, 0.1) is 0 Å². The third-order valence-electron chi connectivity index (χ3n) is 5.83. The molecule has 0 spiro atoms. The van der Waals surface area contributed by atoms with Gasteiger partial charge in [-0.05, 0) is 56.7 Å². The molecule has 1 aromatic heterocycles. The van der Waals surface area contributed by atoms with Gasteiger partial charge in [0.1, 0.15) is 23.3 Å². The lowest BCUT2D eigenvalue weighted by Gasteiger charge is -2.28. The fourth-order valence-corrected chi connectivity index (χ4v) is 4.26. The molecule has 1 atom stereocenters. The minimum Gasteiger partial charge on any atom is -0.507 e. The van der Waals surface area contributed by atoms with Crippen LogP contribution in [-0.2, 0) is 14.3 Å². The van der Waals surface area contributed by atoms with Crippen LogP contribution in [0.5, 0.6) is 5.75 Å². The van der Waals surface area contributed by atoms with E-state index in [1.54, 1.807) is 36.4 Å². The van der Waals surface area contributed by atoms with E-state index in [2.05, 4.69) is 4.90 Å². The summed E-state index contributed by atoms with van der Waals surface area (Å²) in [5, 5.41) is 11.1. The number of carbonyl (C=O) groups excluding carboxylic acids is 2. The maximum Gasteiger partial charge on any atom is 0.295 e. The van der Waals surface area contributed by atoms with E-state index in [9.17, 15) is 14.7 Å². The van der Waals surface area contributed by atoms with Crippen molar-refractivity contribution in [2.45, 2.75) is 32.4 Å². The van der Waals surface area contributed by atoms with Crippen LogP contribution in [0.2, 0.25) is 0 Å². The molecular formula is C25H30N2O6. The Morgan fingerprint density at radius 2 is 1.85 bits per heavy atom. The Kier molecular flexibility index (Phi) is 7.15. The van der Waals surface area contributed by atoms with Crippen molar-refractivity contribution in [3.05, 3.63) is 59.6 Å². The highest BCUT2D eigenvalue weighted by Gasteiger charge is 2.47. The number of furan rings is 1. The van der Waals surface area contributed by atoms with Gasteiger partial charge in [0, 0.05) is 31.7 Å². The van der Waals surface area contributed by atoms with Gasteiger partial charge in [-0.3, -0.25) is 14.5 Å². The van der Waals surface area contributed by atoms with Crippen LogP contribution in [0.1, 0.15) is 37.6 Å². The SMILES string of the molecule is CC(C)Oc1ccc(C(O)=C2C(=O)C(=O)N(CCCN3CCOCC3)[C@@H]2c2ccco2)cc1. The number of aliphatic hydroxyl groups excluding tert-OH is 1. The third kappa shape index (κ3) is 5.12. The molecule has 3 heterocycles. The molecule has 2 aliphatic rings. The number of aliphatic hydroxyl groups is 1. The summed E-state index contributed by atoms with van der Waals surface area (Å²) in [5.74, 6) is -0.446. The molecule has 4 rings (SSSR count). The van der Waals surface area contributed by atoms with E-state index >= 15 is 0 Å². The highest BCUT2D eigenvalue weighted by atomic mass is 16.5. The molecule has 0 aliphatic carbocycles. The maximum atomic E-state index is 13.0. The summed E-state index contributed by atoms with van der Waals surface area (Å²) in [5.41, 5.74) is 0.479. The van der Waals surface area contributed by atoms with E-state index < -0.39 is 17.7 Å². The maximum absolute atomic E-state index is 13.0. The molecule has 0 unspecified atom stereocenters. The normalized spacial score (nSPS) is 21.2. The van der Waals surface area contributed by atoms with E-state index in [-0.39, 0.29) is 17.4 Å². The summed E-state index contributed by atoms with van der Waals surface area (Å²) in [6.07, 6.45) is 2.22. The second kappa shape index (κ2) is 10.2. The molecule has 1 amide bonds. The van der Waals surface area contributed by atoms with E-state index in [0.717, 1.165) is 19.6 Å². The topological polar surface area (TPSA) is 92.5 Å². The smallest absolute Gasteiger partial charge is 0.295 e. The lowest BCUT2D eigenvalue weighted by molar-refractivity contribution is -0.140. The number of amides is 1. The Morgan fingerprint density at radius 1 is 1.12 bits per heavy atom. The Hall–Kier alpha value is -3.10. The number of likely N-dealkylation sites (tertiary alicyclic amines) is 1. The van der Waals surface area contributed by atoms with Crippen molar-refractivity contribution < 1.29 is 28.6 Å². The van der Waals surface area contributed by atoms with Crippen LogP contribution in [0.4, 0.5) is 0 Å². The fourth-order valence-electron chi connectivity index (χ4n) is 4.26. The van der Waals surface area contributed by atoms with Crippen LogP contribution in [0.15, 0.2) is 52.7 Å². The first-order chi connectivity index (χ1) is 16.0. The minimum atomic E-state index is -0.767. The van der Waals surface area contributed by atoms with Gasteiger partial charge >= 0.3 is 0 Å². The fraction of sp³-hybridized carbons (Fsp3) is 0.440. The standard InChI is InChI=1S/C25H30N2O6/c1-17(2)33-19-8-6-18(7-9-19)23(28)21-22(20-5-3-14-32-20)27(25(30)24(21)29)11-4-10-26-12-15-31-16-13-26/h3,5-9,14,17,22,28H,4,10-13,15-16H2,1-2H3/t22-/m1/s1. The van der Waals surface area contributed by atoms with Gasteiger partial charge in [0.05, 0.1) is 31.2 Å². The number of nitrogens with zero attached hydrogens (tertiary/aromatic N) is 2. The molecule has 176 valence electrons. The zero-order chi connectivity index (χ0) is 23.4. The summed E-state index contributed by atoms with van der Waals surface area (Å²) in [4.78, 5) is 29.7. The summed E-state index contributed by atoms with van der Waals surface area (Å²) in [7, 11) is 0. The van der Waals surface area contributed by atoms with Gasteiger partial charge in [-0.25, -0.2) is 0 Å². The second-order valence-corrected chi connectivity index (χ2v) is 8.51. The van der Waals surface area contributed by atoms with Gasteiger partial charge in [0.15, 0.2) is 0 Å². The average Bonchev–Trinajstić information content (AvgIpc) is 3.42. The molecule has 8 heteroatoms. The number of rotatable bonds is 8. The molecule has 2 fully saturated rings. The first-order valence-electron chi connectivity index (χ1n) is 11.3. The number of hydrogen-bond donors (Lipinski definition) is 1. The van der Waals surface area contributed by atoms with Crippen molar-refractivity contribution in [3.63, 3.8) is 0 Å². The molecule has 2 saturated heterocycles. The lowest BCUT2D eigenvalue weighted by Crippen LogP contribution is -2.38. The number of carbonyl (C=O) groups is 2. The molecule has 2 aromatic rings. The Balaban J connectivity index is 1.59. The van der Waals surface area contributed by atoms with Gasteiger partial charge in [0.2, 0.25) is 0 Å². The highest BCUT2D eigenvalue weighted by molar-refractivity contribution is 6.46. The third-order valence-corrected chi connectivity index (χ3v) is 5.83. The second-order valence-electron chi connectivity index (χ2n) is 8.51. The highest BCUT2D eigenvalue weighted by Crippen LogP contribution is 2.39.